The normalized spacial score (nSPS) is 18.2. The van der Waals surface area contributed by atoms with Crippen molar-refractivity contribution < 1.29 is 40.0 Å². The molecule has 8 aliphatic rings. The van der Waals surface area contributed by atoms with E-state index in [4.69, 9.17) is 26.8 Å². The monoisotopic (exact) mass is 2020 g/mol. The number of piperazine rings is 3. The fraction of sp³-hybridized carbons (Fsp3) is 0.325. The highest BCUT2D eigenvalue weighted by Gasteiger charge is 2.35. The second kappa shape index (κ2) is 40.2. The van der Waals surface area contributed by atoms with Crippen LogP contribution in [0.5, 0.6) is 5.75 Å². The largest absolute Gasteiger partial charge is 0.489 e. The zero-order chi connectivity index (χ0) is 102. The summed E-state index contributed by atoms with van der Waals surface area (Å²) in [6.45, 7) is 29.3. The highest BCUT2D eigenvalue weighted by atomic mass is 19.1. The molecule has 8 saturated heterocycles. The van der Waals surface area contributed by atoms with Gasteiger partial charge in [0.1, 0.15) is 45.6 Å². The lowest BCUT2D eigenvalue weighted by molar-refractivity contribution is 0.133. The highest BCUT2D eigenvalue weighted by molar-refractivity contribution is 5.89. The number of fused-ring (bicyclic) bond motifs is 13. The number of rotatable bonds is 11. The van der Waals surface area contributed by atoms with Gasteiger partial charge in [0.2, 0.25) is 0 Å². The molecule has 5 aromatic carbocycles. The molecule has 23 heterocycles. The second-order valence-corrected chi connectivity index (χ2v) is 40.5. The van der Waals surface area contributed by atoms with Crippen molar-refractivity contribution in [3.8, 4) is 62.0 Å². The molecule has 28 rings (SSSR count). The first-order valence-electron chi connectivity index (χ1n) is 51.6. The van der Waals surface area contributed by atoms with E-state index < -0.39 is 40.0 Å². The Kier molecular flexibility index (Phi) is 25.8. The second-order valence-electron chi connectivity index (χ2n) is 40.5. The van der Waals surface area contributed by atoms with Crippen molar-refractivity contribution in [2.24, 2.45) is 0 Å². The summed E-state index contributed by atoms with van der Waals surface area (Å²) in [5.41, 5.74) is 15.8. The minimum atomic E-state index is -0.540. The van der Waals surface area contributed by atoms with Crippen LogP contribution in [0.4, 0.5) is 35.9 Å². The lowest BCUT2D eigenvalue weighted by Crippen LogP contribution is -2.54. The zero-order valence-electron chi connectivity index (χ0n) is 84.0. The van der Waals surface area contributed by atoms with Crippen LogP contribution in [0.3, 0.4) is 0 Å². The molecular formula is C114H111F3N22O11. The third-order valence-corrected chi connectivity index (χ3v) is 30.2. The Morgan fingerprint density at radius 3 is 1.32 bits per heavy atom. The molecule has 150 heavy (non-hydrogen) atoms. The summed E-state index contributed by atoms with van der Waals surface area (Å²) in [6, 6.07) is 40.6. The number of hydrogen-bond donors (Lipinski definition) is 2. The number of nitrogens with one attached hydrogen (secondary N) is 2. The van der Waals surface area contributed by atoms with Gasteiger partial charge in [-0.15, -0.1) is 0 Å². The molecule has 0 saturated carbocycles. The summed E-state index contributed by atoms with van der Waals surface area (Å²) in [4.78, 5) is 116. The first kappa shape index (κ1) is 96.1. The summed E-state index contributed by atoms with van der Waals surface area (Å²) in [5.74, 6) is -0.531. The van der Waals surface area contributed by atoms with Crippen LogP contribution in [-0.2, 0) is 0 Å². The molecule has 15 aromatic heterocycles. The SMILES string of the molecule is Cc1cc(F)c2nc(-c3cc4ccc(N5CCN6CCCCC6C5)cc4oc3=O)cn2c1.Cc1cc(F)c2nc(-c3cc4ccc(N5CCN6CCC[C@@H]6C5)cc4oc3=O)cn2c1.Cc1cn2cc(-c3cc4c(F)cc(N5CCCNCC5)cc4oc3=O)nc2c(C)n1.Cc1cn2cc(-c3cc4ccc(N5CCN6CCC[C@H]6C5)cc4oc3=O)nc2cn1.Cc1nccn2cc(-c3cc4ccc(O[C@@H]5CCNC5)cc4oc3=O)nc12. The molecule has 2 N–H and O–H groups in total. The number of aromatic nitrogens is 13. The van der Waals surface area contributed by atoms with Crippen molar-refractivity contribution in [2.45, 2.75) is 124 Å². The summed E-state index contributed by atoms with van der Waals surface area (Å²) in [7, 11) is 0. The number of nitrogens with zero attached hydrogens (tertiary/aromatic N) is 20. The van der Waals surface area contributed by atoms with E-state index in [9.17, 15) is 32.8 Å². The molecule has 20 aromatic rings. The fourth-order valence-electron chi connectivity index (χ4n) is 22.5. The number of halogens is 3. The van der Waals surface area contributed by atoms with E-state index in [1.165, 1.54) is 88.8 Å². The van der Waals surface area contributed by atoms with Crippen molar-refractivity contribution in [1.82, 2.24) is 87.2 Å². The van der Waals surface area contributed by atoms with Gasteiger partial charge >= 0.3 is 28.1 Å². The van der Waals surface area contributed by atoms with Crippen molar-refractivity contribution in [3.05, 3.63) is 305 Å². The first-order valence-corrected chi connectivity index (χ1v) is 51.6. The predicted molar refractivity (Wildman–Crippen MR) is 572 cm³/mol. The van der Waals surface area contributed by atoms with Crippen molar-refractivity contribution in [2.75, 3.05) is 137 Å². The van der Waals surface area contributed by atoms with Crippen molar-refractivity contribution in [3.63, 3.8) is 0 Å². The zero-order valence-corrected chi connectivity index (χ0v) is 84.0. The van der Waals surface area contributed by atoms with Gasteiger partial charge in [0.15, 0.2) is 39.9 Å². The third kappa shape index (κ3) is 19.5. The molecule has 764 valence electrons. The Hall–Kier alpha value is -16.0. The topological polar surface area (TPSA) is 332 Å². The van der Waals surface area contributed by atoms with Crippen LogP contribution >= 0.6 is 0 Å². The van der Waals surface area contributed by atoms with Gasteiger partial charge in [0.05, 0.1) is 90.6 Å². The Balaban J connectivity index is 0.0000000999. The minimum absolute atomic E-state index is 0.156. The number of anilines is 4. The average molecular weight is 2020 g/mol. The maximum atomic E-state index is 15.0. The van der Waals surface area contributed by atoms with Gasteiger partial charge in [-0.2, -0.15) is 0 Å². The standard InChI is InChI=1S/C25H25FN4O2.C24H23FN4O2.C23H23N5O2.C22H22FN5O2.C20H18N4O3/c1-16-10-21(26)24-27-22(15-30(24)13-16)20-11-17-5-6-18(12-23(17)32-25(20)31)29-9-8-28-7-3-2-4-19(28)14-29;1-15-9-20(25)23-26-21(14-29(23)12-15)19-10-16-4-5-17(11-22(16)31-24(19)30)28-8-7-27-6-2-3-18(27)13-28;1-15-12-28-14-20(25-22(28)11-24-15)19-9-16-4-5-17(10-21(16)30-23(19)29)27-8-7-26-6-2-3-18(26)13-27;1-13-11-28-12-19(26-21(28)14(2)25-13)17-10-16-18(23)8-15(9-20(16)30-22(17)29)27-6-3-4-24-5-7-27;1-12-19-23-17(11-24(19)7-6-22-12)16-8-13-2-3-14(9-18(13)27-20(16)25)26-15-4-5-21-10-15/h5-6,10-13,15,19H,2-4,7-9,14H2,1H3;4-5,9-12,14,18H,2-3,6-8,13H2,1H3;4-5,9-12,14,18H,2-3,6-8,13H2,1H3;8-12,24H,3-7H2,1-2H3;2-3,6-9,11,15,21H,4-5,10H2,1H3/t;2*18-;;15-/m.10.1/s1. The van der Waals surface area contributed by atoms with Crippen LogP contribution in [0.25, 0.3) is 139 Å². The summed E-state index contributed by atoms with van der Waals surface area (Å²) < 4.78 is 86.4. The molecule has 1 unspecified atom stereocenters. The van der Waals surface area contributed by atoms with Gasteiger partial charge in [-0.05, 0) is 234 Å². The van der Waals surface area contributed by atoms with E-state index in [0.717, 1.165) is 195 Å². The maximum absolute atomic E-state index is 15.0. The molecular weight excluding hydrogens is 1910 g/mol. The molecule has 8 fully saturated rings. The van der Waals surface area contributed by atoms with E-state index in [1.807, 2.05) is 146 Å². The molecule has 0 bridgehead atoms. The highest BCUT2D eigenvalue weighted by Crippen LogP contribution is 2.38. The van der Waals surface area contributed by atoms with E-state index in [-0.39, 0.29) is 39.6 Å². The van der Waals surface area contributed by atoms with Crippen LogP contribution in [0.1, 0.15) is 91.7 Å². The predicted octanol–water partition coefficient (Wildman–Crippen LogP) is 16.8. The minimum Gasteiger partial charge on any atom is -0.489 e. The Labute approximate surface area is 856 Å². The number of hydrogen-bond acceptors (Lipinski definition) is 28. The summed E-state index contributed by atoms with van der Waals surface area (Å²) in [6.07, 6.45) is 32.3. The van der Waals surface area contributed by atoms with E-state index in [0.29, 0.717) is 108 Å². The summed E-state index contributed by atoms with van der Waals surface area (Å²) >= 11 is 0. The van der Waals surface area contributed by atoms with Crippen molar-refractivity contribution in [1.29, 1.82) is 0 Å². The number of benzene rings is 5. The van der Waals surface area contributed by atoms with Crippen LogP contribution in [0.15, 0.2) is 248 Å². The van der Waals surface area contributed by atoms with Gasteiger partial charge in [-0.25, -0.2) is 62.1 Å². The fourth-order valence-corrected chi connectivity index (χ4v) is 22.5. The quantitative estimate of drug-likeness (QED) is 0.114. The molecule has 0 amide bonds. The average Bonchev–Trinajstić information content (AvgIpc) is 1.55. The van der Waals surface area contributed by atoms with Crippen LogP contribution in [0.2, 0.25) is 0 Å². The third-order valence-electron chi connectivity index (χ3n) is 30.2. The molecule has 8 aliphatic heterocycles. The maximum Gasteiger partial charge on any atom is 0.345 e. The number of imidazole rings is 5. The number of piperidine rings is 1. The van der Waals surface area contributed by atoms with Gasteiger partial charge in [-0.1, -0.05) is 6.42 Å². The lowest BCUT2D eigenvalue weighted by atomic mass is 9.99. The summed E-state index contributed by atoms with van der Waals surface area (Å²) in [5, 5.41) is 10.2. The molecule has 0 aliphatic carbocycles. The van der Waals surface area contributed by atoms with Gasteiger partial charge in [0.25, 0.3) is 0 Å². The lowest BCUT2D eigenvalue weighted by Gasteiger charge is -2.44. The number of aryl methyl sites for hydroxylation is 6. The van der Waals surface area contributed by atoms with Gasteiger partial charge in [-0.3, -0.25) is 29.7 Å². The Morgan fingerprint density at radius 2 is 0.793 bits per heavy atom. The molecule has 4 atom stereocenters. The van der Waals surface area contributed by atoms with Gasteiger partial charge < -0.3 is 79.1 Å². The van der Waals surface area contributed by atoms with Crippen molar-refractivity contribution >= 4 is 106 Å². The Morgan fingerprint density at radius 1 is 0.340 bits per heavy atom. The van der Waals surface area contributed by atoms with Crippen LogP contribution in [-0.4, -0.2) is 219 Å². The smallest absolute Gasteiger partial charge is 0.345 e. The molecule has 0 spiro atoms. The van der Waals surface area contributed by atoms with Crippen LogP contribution < -0.4 is 63.1 Å². The van der Waals surface area contributed by atoms with E-state index in [2.05, 4.69) is 103 Å². The van der Waals surface area contributed by atoms with Gasteiger partial charge in [0, 0.05) is 246 Å². The molecule has 0 radical (unpaired) electrons. The molecule has 36 heteroatoms. The first-order chi connectivity index (χ1) is 72.9. The van der Waals surface area contributed by atoms with Crippen LogP contribution in [0, 0.1) is 59.0 Å². The molecule has 33 nitrogen and oxygen atoms in total. The number of ether oxygens (including phenoxy) is 1. The Bertz CT molecular complexity index is 9000. The van der Waals surface area contributed by atoms with E-state index >= 15 is 4.39 Å². The number of pyridine rings is 2. The van der Waals surface area contributed by atoms with E-state index in [1.54, 1.807) is 76.4 Å².